The van der Waals surface area contributed by atoms with Crippen molar-refractivity contribution < 1.29 is 5.11 Å². The molecular formula is C10H11Cl3N2O. The SMILES string of the molecule is CC1(O)CCN(c2nc(Cl)c(Cl)cc2Cl)C1. The molecule has 16 heavy (non-hydrogen) atoms. The molecule has 1 atom stereocenters. The van der Waals surface area contributed by atoms with Crippen LogP contribution in [0.5, 0.6) is 0 Å². The van der Waals surface area contributed by atoms with Crippen LogP contribution in [0.2, 0.25) is 15.2 Å². The van der Waals surface area contributed by atoms with Crippen LogP contribution in [-0.2, 0) is 0 Å². The van der Waals surface area contributed by atoms with Crippen LogP contribution in [0.25, 0.3) is 0 Å². The molecule has 0 amide bonds. The van der Waals surface area contributed by atoms with Crippen LogP contribution in [0, 0.1) is 0 Å². The molecule has 1 unspecified atom stereocenters. The molecule has 88 valence electrons. The van der Waals surface area contributed by atoms with Gasteiger partial charge in [-0.1, -0.05) is 34.8 Å². The number of aromatic nitrogens is 1. The first-order chi connectivity index (χ1) is 7.39. The Balaban J connectivity index is 2.32. The van der Waals surface area contributed by atoms with E-state index in [0.717, 1.165) is 0 Å². The van der Waals surface area contributed by atoms with Crippen LogP contribution >= 0.6 is 34.8 Å². The number of halogens is 3. The van der Waals surface area contributed by atoms with E-state index in [1.54, 1.807) is 13.0 Å². The lowest BCUT2D eigenvalue weighted by atomic mass is 10.1. The largest absolute Gasteiger partial charge is 0.388 e. The maximum Gasteiger partial charge on any atom is 0.150 e. The normalized spacial score (nSPS) is 25.2. The van der Waals surface area contributed by atoms with Gasteiger partial charge in [0.25, 0.3) is 0 Å². The van der Waals surface area contributed by atoms with E-state index < -0.39 is 5.60 Å². The summed E-state index contributed by atoms with van der Waals surface area (Å²) in [5.74, 6) is 0.578. The number of nitrogens with zero attached hydrogens (tertiary/aromatic N) is 2. The van der Waals surface area contributed by atoms with E-state index in [1.165, 1.54) is 0 Å². The lowest BCUT2D eigenvalue weighted by Gasteiger charge is -2.21. The zero-order chi connectivity index (χ0) is 11.9. The highest BCUT2D eigenvalue weighted by atomic mass is 35.5. The van der Waals surface area contributed by atoms with Gasteiger partial charge in [-0.3, -0.25) is 0 Å². The van der Waals surface area contributed by atoms with Crippen molar-refractivity contribution in [3.05, 3.63) is 21.3 Å². The van der Waals surface area contributed by atoms with Crippen molar-refractivity contribution in [1.29, 1.82) is 0 Å². The van der Waals surface area contributed by atoms with E-state index in [0.29, 0.717) is 35.4 Å². The molecular weight excluding hydrogens is 270 g/mol. The van der Waals surface area contributed by atoms with Crippen LogP contribution in [0.1, 0.15) is 13.3 Å². The van der Waals surface area contributed by atoms with Gasteiger partial charge in [0, 0.05) is 13.1 Å². The van der Waals surface area contributed by atoms with Crippen molar-refractivity contribution in [3.8, 4) is 0 Å². The fraction of sp³-hybridized carbons (Fsp3) is 0.500. The molecule has 0 aromatic carbocycles. The Morgan fingerprint density at radius 2 is 2.06 bits per heavy atom. The molecule has 1 aromatic heterocycles. The van der Waals surface area contributed by atoms with E-state index in [9.17, 15) is 5.11 Å². The van der Waals surface area contributed by atoms with E-state index in [4.69, 9.17) is 34.8 Å². The molecule has 1 aliphatic heterocycles. The van der Waals surface area contributed by atoms with Gasteiger partial charge >= 0.3 is 0 Å². The Hall–Kier alpha value is -0.220. The lowest BCUT2D eigenvalue weighted by Crippen LogP contribution is -2.30. The minimum Gasteiger partial charge on any atom is -0.388 e. The monoisotopic (exact) mass is 280 g/mol. The minimum atomic E-state index is -0.697. The van der Waals surface area contributed by atoms with Crippen molar-refractivity contribution in [2.75, 3.05) is 18.0 Å². The summed E-state index contributed by atoms with van der Waals surface area (Å²) in [5, 5.41) is 10.9. The summed E-state index contributed by atoms with van der Waals surface area (Å²) in [5.41, 5.74) is -0.697. The van der Waals surface area contributed by atoms with Gasteiger partial charge in [0.2, 0.25) is 0 Å². The van der Waals surface area contributed by atoms with Crippen LogP contribution in [-0.4, -0.2) is 28.8 Å². The van der Waals surface area contributed by atoms with Crippen molar-refractivity contribution in [2.45, 2.75) is 18.9 Å². The van der Waals surface area contributed by atoms with Gasteiger partial charge in [-0.25, -0.2) is 4.98 Å². The van der Waals surface area contributed by atoms with Gasteiger partial charge in [-0.2, -0.15) is 0 Å². The minimum absolute atomic E-state index is 0.229. The average Bonchev–Trinajstić information content (AvgIpc) is 2.52. The first kappa shape index (κ1) is 12.2. The molecule has 0 spiro atoms. The molecule has 0 radical (unpaired) electrons. The van der Waals surface area contributed by atoms with Gasteiger partial charge in [0.05, 0.1) is 15.6 Å². The Bertz CT molecular complexity index is 423. The van der Waals surface area contributed by atoms with Crippen LogP contribution in [0.4, 0.5) is 5.82 Å². The number of anilines is 1. The highest BCUT2D eigenvalue weighted by molar-refractivity contribution is 6.42. The van der Waals surface area contributed by atoms with Crippen molar-refractivity contribution in [3.63, 3.8) is 0 Å². The zero-order valence-corrected chi connectivity index (χ0v) is 10.9. The molecule has 1 saturated heterocycles. The highest BCUT2D eigenvalue weighted by Crippen LogP contribution is 2.34. The predicted molar refractivity (Wildman–Crippen MR) is 66.7 cm³/mol. The summed E-state index contributed by atoms with van der Waals surface area (Å²) in [7, 11) is 0. The molecule has 2 heterocycles. The number of rotatable bonds is 1. The molecule has 1 aliphatic rings. The molecule has 0 aliphatic carbocycles. The predicted octanol–water partition coefficient (Wildman–Crippen LogP) is 3.00. The smallest absolute Gasteiger partial charge is 0.150 e. The average molecular weight is 282 g/mol. The maximum atomic E-state index is 9.87. The molecule has 2 rings (SSSR count). The fourth-order valence-electron chi connectivity index (χ4n) is 1.78. The van der Waals surface area contributed by atoms with Gasteiger partial charge < -0.3 is 10.0 Å². The van der Waals surface area contributed by atoms with Crippen molar-refractivity contribution >= 4 is 40.6 Å². The van der Waals surface area contributed by atoms with Crippen LogP contribution in [0.3, 0.4) is 0 Å². The van der Waals surface area contributed by atoms with Gasteiger partial charge in [-0.05, 0) is 19.4 Å². The lowest BCUT2D eigenvalue weighted by molar-refractivity contribution is 0.0839. The molecule has 1 fully saturated rings. The Morgan fingerprint density at radius 1 is 1.38 bits per heavy atom. The number of β-amino-alcohol motifs (C(OH)–C–C–N with tert-alkyl or cyclic N) is 1. The standard InChI is InChI=1S/C10H11Cl3N2O/c1-10(16)2-3-15(5-10)9-7(12)4-6(11)8(13)14-9/h4,16H,2-3,5H2,1H3. The van der Waals surface area contributed by atoms with Gasteiger partial charge in [0.15, 0.2) is 0 Å². The van der Waals surface area contributed by atoms with E-state index in [2.05, 4.69) is 4.98 Å². The second-order valence-corrected chi connectivity index (χ2v) is 5.41. The third-order valence-corrected chi connectivity index (χ3v) is 3.57. The van der Waals surface area contributed by atoms with Crippen LogP contribution in [0.15, 0.2) is 6.07 Å². The van der Waals surface area contributed by atoms with Gasteiger partial charge in [0.1, 0.15) is 11.0 Å². The molecule has 0 bridgehead atoms. The summed E-state index contributed by atoms with van der Waals surface area (Å²) in [6.45, 7) is 2.99. The number of pyridine rings is 1. The maximum absolute atomic E-state index is 9.87. The summed E-state index contributed by atoms with van der Waals surface area (Å²) >= 11 is 17.7. The Labute approximate surface area is 109 Å². The molecule has 6 heteroatoms. The molecule has 3 nitrogen and oxygen atoms in total. The highest BCUT2D eigenvalue weighted by Gasteiger charge is 2.33. The molecule has 0 saturated carbocycles. The molecule has 1 aromatic rings. The summed E-state index contributed by atoms with van der Waals surface area (Å²) < 4.78 is 0. The number of hydrogen-bond acceptors (Lipinski definition) is 3. The molecule has 1 N–H and O–H groups in total. The van der Waals surface area contributed by atoms with Crippen molar-refractivity contribution in [1.82, 2.24) is 4.98 Å². The topological polar surface area (TPSA) is 36.4 Å². The summed E-state index contributed by atoms with van der Waals surface area (Å²) in [6, 6.07) is 1.57. The second kappa shape index (κ2) is 4.22. The Morgan fingerprint density at radius 3 is 2.62 bits per heavy atom. The van der Waals surface area contributed by atoms with E-state index in [-0.39, 0.29) is 5.15 Å². The summed E-state index contributed by atoms with van der Waals surface area (Å²) in [6.07, 6.45) is 0.686. The fourth-order valence-corrected chi connectivity index (χ4v) is 2.40. The van der Waals surface area contributed by atoms with Crippen LogP contribution < -0.4 is 4.90 Å². The first-order valence-corrected chi connectivity index (χ1v) is 6.01. The Kier molecular flexibility index (Phi) is 3.23. The number of aliphatic hydroxyl groups is 1. The second-order valence-electron chi connectivity index (χ2n) is 4.23. The quantitative estimate of drug-likeness (QED) is 0.804. The first-order valence-electron chi connectivity index (χ1n) is 4.88. The third-order valence-electron chi connectivity index (χ3n) is 2.62. The number of hydrogen-bond donors (Lipinski definition) is 1. The third kappa shape index (κ3) is 2.38. The van der Waals surface area contributed by atoms with E-state index >= 15 is 0 Å². The zero-order valence-electron chi connectivity index (χ0n) is 8.67. The van der Waals surface area contributed by atoms with Crippen molar-refractivity contribution in [2.24, 2.45) is 0 Å². The van der Waals surface area contributed by atoms with E-state index in [1.807, 2.05) is 4.90 Å². The van der Waals surface area contributed by atoms with Gasteiger partial charge in [-0.15, -0.1) is 0 Å². The summed E-state index contributed by atoms with van der Waals surface area (Å²) in [4.78, 5) is 6.04.